The Morgan fingerprint density at radius 3 is 2.61 bits per heavy atom. The van der Waals surface area contributed by atoms with Crippen molar-refractivity contribution in [2.24, 2.45) is 0 Å². The normalized spacial score (nSPS) is 15.8. The van der Waals surface area contributed by atoms with Crippen LogP contribution >= 0.6 is 17.0 Å². The Balaban J connectivity index is 2.79. The first-order valence-corrected chi connectivity index (χ1v) is 8.91. The van der Waals surface area contributed by atoms with E-state index in [1.165, 1.54) is 6.92 Å². The molecule has 1 unspecified atom stereocenters. The summed E-state index contributed by atoms with van der Waals surface area (Å²) in [5, 5.41) is 11.4. The van der Waals surface area contributed by atoms with Crippen LogP contribution in [0.15, 0.2) is 18.2 Å². The molecule has 0 aliphatic heterocycles. The molecule has 0 radical (unpaired) electrons. The number of carboxylic acids is 1. The van der Waals surface area contributed by atoms with Gasteiger partial charge in [0.2, 0.25) is 0 Å². The van der Waals surface area contributed by atoms with Gasteiger partial charge in [-0.3, -0.25) is 4.79 Å². The Labute approximate surface area is 116 Å². The molecule has 0 saturated carbocycles. The fourth-order valence-corrected chi connectivity index (χ4v) is 3.64. The highest BCUT2D eigenvalue weighted by Crippen LogP contribution is 2.49. The van der Waals surface area contributed by atoms with E-state index >= 15 is 0 Å². The van der Waals surface area contributed by atoms with Gasteiger partial charge in [-0.2, -0.15) is 0 Å². The Hall–Kier alpha value is -0.610. The van der Waals surface area contributed by atoms with Gasteiger partial charge in [-0.15, -0.1) is 0 Å². The molecule has 0 aliphatic carbocycles. The maximum atomic E-state index is 10.7. The van der Waals surface area contributed by atoms with E-state index in [-0.39, 0.29) is 0 Å². The minimum Gasteiger partial charge on any atom is -0.480 e. The summed E-state index contributed by atoms with van der Waals surface area (Å²) < 4.78 is 5.48. The Morgan fingerprint density at radius 1 is 1.50 bits per heavy atom. The molecule has 0 fully saturated rings. The van der Waals surface area contributed by atoms with Gasteiger partial charge in [0.1, 0.15) is 11.8 Å². The number of carbonyl (C=O) groups is 1. The van der Waals surface area contributed by atoms with Crippen LogP contribution in [0.4, 0.5) is 0 Å². The van der Waals surface area contributed by atoms with Gasteiger partial charge in [0, 0.05) is 0 Å². The van der Waals surface area contributed by atoms with Crippen molar-refractivity contribution in [1.82, 2.24) is 5.09 Å². The predicted octanol–water partition coefficient (Wildman–Crippen LogP) is 3.21. The highest BCUT2D eigenvalue weighted by atomic mass is 35.7. The summed E-state index contributed by atoms with van der Waals surface area (Å²) in [5.74, 6) is -3.36. The number of hydrogen-bond acceptors (Lipinski definition) is 3. The van der Waals surface area contributed by atoms with Gasteiger partial charge in [-0.1, -0.05) is 6.07 Å². The molecule has 100 valence electrons. The molecule has 0 spiro atoms. The lowest BCUT2D eigenvalue weighted by Crippen LogP contribution is -2.31. The van der Waals surface area contributed by atoms with Crippen LogP contribution < -0.4 is 9.61 Å². The molecule has 0 heterocycles. The smallest absolute Gasteiger partial charge is 0.320 e. The number of rotatable bonds is 5. The van der Waals surface area contributed by atoms with Crippen molar-refractivity contribution in [3.8, 4) is 5.75 Å². The lowest BCUT2D eigenvalue weighted by molar-refractivity contribution is -0.138. The van der Waals surface area contributed by atoms with Gasteiger partial charge in [-0.05, 0) is 67.1 Å². The average Bonchev–Trinajstić information content (AvgIpc) is 2.22. The SMILES string of the molecule is Cc1ccc(OP(=S)(Cl)N[C@@H](C)C(=O)O)cc1C. The van der Waals surface area contributed by atoms with E-state index < -0.39 is 17.8 Å². The zero-order chi connectivity index (χ0) is 13.9. The number of carboxylic acid groups (broad SMARTS) is 1. The van der Waals surface area contributed by atoms with Crippen LogP contribution in [0.3, 0.4) is 0 Å². The summed E-state index contributed by atoms with van der Waals surface area (Å²) in [6.45, 7) is 5.41. The average molecular weight is 308 g/mol. The van der Waals surface area contributed by atoms with Crippen LogP contribution in [-0.4, -0.2) is 17.1 Å². The molecule has 7 heteroatoms. The van der Waals surface area contributed by atoms with Crippen LogP contribution in [-0.2, 0) is 16.6 Å². The highest BCUT2D eigenvalue weighted by molar-refractivity contribution is 8.23. The van der Waals surface area contributed by atoms with Crippen LogP contribution in [0.2, 0.25) is 0 Å². The third kappa shape index (κ3) is 4.58. The maximum absolute atomic E-state index is 10.7. The van der Waals surface area contributed by atoms with Gasteiger partial charge in [0.05, 0.1) is 0 Å². The first-order valence-electron chi connectivity index (χ1n) is 5.28. The van der Waals surface area contributed by atoms with Crippen molar-refractivity contribution in [2.75, 3.05) is 0 Å². The quantitative estimate of drug-likeness (QED) is 0.818. The molecule has 0 aromatic heterocycles. The van der Waals surface area contributed by atoms with Crippen molar-refractivity contribution < 1.29 is 14.4 Å². The molecule has 18 heavy (non-hydrogen) atoms. The van der Waals surface area contributed by atoms with E-state index in [2.05, 4.69) is 5.09 Å². The van der Waals surface area contributed by atoms with Gasteiger partial charge >= 0.3 is 5.97 Å². The van der Waals surface area contributed by atoms with Gasteiger partial charge in [0.15, 0.2) is 0 Å². The second kappa shape index (κ2) is 6.02. The molecule has 0 amide bonds. The first kappa shape index (κ1) is 15.4. The number of aryl methyl sites for hydroxylation is 2. The van der Waals surface area contributed by atoms with Crippen molar-refractivity contribution in [3.63, 3.8) is 0 Å². The molecule has 2 N–H and O–H groups in total. The summed E-state index contributed by atoms with van der Waals surface area (Å²) in [6.07, 6.45) is 0. The Morgan fingerprint density at radius 2 is 2.11 bits per heavy atom. The topological polar surface area (TPSA) is 58.6 Å². The monoisotopic (exact) mass is 307 g/mol. The lowest BCUT2D eigenvalue weighted by Gasteiger charge is -2.20. The standard InChI is InChI=1S/C11H15ClNO3PS/c1-7-4-5-10(6-8(7)2)16-17(12,18)13-9(3)11(14)15/h4-6,9H,1-3H3,(H,13,18)(H,14,15)/t9-,17?/m0/s1. The minimum atomic E-state index is -2.88. The number of aliphatic carboxylic acids is 1. The van der Waals surface area contributed by atoms with E-state index in [4.69, 9.17) is 32.7 Å². The van der Waals surface area contributed by atoms with Crippen molar-refractivity contribution >= 4 is 34.8 Å². The lowest BCUT2D eigenvalue weighted by atomic mass is 10.1. The summed E-state index contributed by atoms with van der Waals surface area (Å²) in [7, 11) is 0. The minimum absolute atomic E-state index is 0.543. The van der Waals surface area contributed by atoms with E-state index in [1.807, 2.05) is 26.0 Å². The van der Waals surface area contributed by atoms with Gasteiger partial charge < -0.3 is 9.63 Å². The van der Waals surface area contributed by atoms with Crippen LogP contribution in [0.5, 0.6) is 5.75 Å². The summed E-state index contributed by atoms with van der Waals surface area (Å²) in [6, 6.07) is 4.64. The molecule has 1 rings (SSSR count). The second-order valence-electron chi connectivity index (χ2n) is 4.01. The molecule has 4 nitrogen and oxygen atoms in total. The Bertz CT molecular complexity index is 509. The first-order chi connectivity index (χ1) is 8.21. The van der Waals surface area contributed by atoms with E-state index in [1.54, 1.807) is 6.07 Å². The van der Waals surface area contributed by atoms with Crippen molar-refractivity contribution in [2.45, 2.75) is 26.8 Å². The summed E-state index contributed by atoms with van der Waals surface area (Å²) in [4.78, 5) is 10.7. The van der Waals surface area contributed by atoms with E-state index in [0.29, 0.717) is 5.75 Å². The zero-order valence-electron chi connectivity index (χ0n) is 10.3. The third-order valence-electron chi connectivity index (χ3n) is 2.42. The summed E-state index contributed by atoms with van der Waals surface area (Å²) in [5.41, 5.74) is 2.20. The highest BCUT2D eigenvalue weighted by Gasteiger charge is 2.22. The number of hydrogen-bond donors (Lipinski definition) is 2. The largest absolute Gasteiger partial charge is 0.480 e. The third-order valence-corrected chi connectivity index (χ3v) is 4.60. The Kier molecular flexibility index (Phi) is 5.17. The number of halogens is 1. The predicted molar refractivity (Wildman–Crippen MR) is 76.9 cm³/mol. The summed E-state index contributed by atoms with van der Waals surface area (Å²) >= 11 is 11.1. The van der Waals surface area contributed by atoms with Crippen LogP contribution in [0, 0.1) is 13.8 Å². The number of benzene rings is 1. The molecular formula is C11H15ClNO3PS. The molecule has 0 aliphatic rings. The molecule has 1 aromatic carbocycles. The fraction of sp³-hybridized carbons (Fsp3) is 0.364. The molecule has 0 saturated heterocycles. The van der Waals surface area contributed by atoms with Crippen molar-refractivity contribution in [3.05, 3.63) is 29.3 Å². The van der Waals surface area contributed by atoms with Gasteiger partial charge in [-0.25, -0.2) is 5.09 Å². The maximum Gasteiger partial charge on any atom is 0.320 e. The van der Waals surface area contributed by atoms with Crippen molar-refractivity contribution in [1.29, 1.82) is 0 Å². The number of nitrogens with one attached hydrogen (secondary N) is 1. The van der Waals surface area contributed by atoms with E-state index in [9.17, 15) is 4.79 Å². The van der Waals surface area contributed by atoms with Crippen LogP contribution in [0.25, 0.3) is 0 Å². The molecule has 2 atom stereocenters. The van der Waals surface area contributed by atoms with Crippen LogP contribution in [0.1, 0.15) is 18.1 Å². The second-order valence-corrected chi connectivity index (χ2v) is 8.98. The fourth-order valence-electron chi connectivity index (χ4n) is 1.22. The van der Waals surface area contributed by atoms with Gasteiger partial charge in [0.25, 0.3) is 5.77 Å². The molecule has 1 aromatic rings. The molecular weight excluding hydrogens is 293 g/mol. The zero-order valence-corrected chi connectivity index (χ0v) is 12.8. The van der Waals surface area contributed by atoms with E-state index in [0.717, 1.165) is 11.1 Å². The molecule has 0 bridgehead atoms.